The summed E-state index contributed by atoms with van der Waals surface area (Å²) < 4.78 is 1.61. The van der Waals surface area contributed by atoms with Crippen molar-refractivity contribution in [2.24, 2.45) is 7.05 Å². The third-order valence-corrected chi connectivity index (χ3v) is 4.79. The number of ketones is 1. The maximum atomic E-state index is 12.4. The standard InChI is InChI=1S/C19H24N4O2/c1-13-17(14(2)22(3)21-13)18(24)19(25)20-15-7-9-16(10-8-15)23-11-5-4-6-12-23/h7-10H,4-6,11-12H2,1-3H3,(H,20,25). The smallest absolute Gasteiger partial charge is 0.296 e. The van der Waals surface area contributed by atoms with Gasteiger partial charge in [0.15, 0.2) is 0 Å². The van der Waals surface area contributed by atoms with Crippen LogP contribution in [0, 0.1) is 13.8 Å². The van der Waals surface area contributed by atoms with Crippen molar-refractivity contribution in [3.05, 3.63) is 41.2 Å². The second-order valence-electron chi connectivity index (χ2n) is 6.55. The van der Waals surface area contributed by atoms with E-state index in [2.05, 4.69) is 15.3 Å². The lowest BCUT2D eigenvalue weighted by molar-refractivity contribution is -0.112. The quantitative estimate of drug-likeness (QED) is 0.686. The molecule has 1 fully saturated rings. The monoisotopic (exact) mass is 340 g/mol. The van der Waals surface area contributed by atoms with E-state index >= 15 is 0 Å². The second-order valence-corrected chi connectivity index (χ2v) is 6.55. The Labute approximate surface area is 147 Å². The molecule has 0 aliphatic carbocycles. The van der Waals surface area contributed by atoms with Gasteiger partial charge in [-0.25, -0.2) is 0 Å². The summed E-state index contributed by atoms with van der Waals surface area (Å²) in [6, 6.07) is 7.67. The van der Waals surface area contributed by atoms with Gasteiger partial charge in [-0.2, -0.15) is 5.10 Å². The molecule has 0 unspecified atom stereocenters. The SMILES string of the molecule is Cc1nn(C)c(C)c1C(=O)C(=O)Nc1ccc(N2CCCCC2)cc1. The first kappa shape index (κ1) is 17.2. The molecule has 1 aromatic carbocycles. The Morgan fingerprint density at radius 2 is 1.68 bits per heavy atom. The van der Waals surface area contributed by atoms with E-state index in [0.29, 0.717) is 22.6 Å². The number of carbonyl (C=O) groups excluding carboxylic acids is 2. The van der Waals surface area contributed by atoms with Gasteiger partial charge in [0.1, 0.15) is 0 Å². The molecule has 25 heavy (non-hydrogen) atoms. The molecular formula is C19H24N4O2. The summed E-state index contributed by atoms with van der Waals surface area (Å²) in [5.74, 6) is -1.19. The van der Waals surface area contributed by atoms with Crippen LogP contribution in [0.15, 0.2) is 24.3 Å². The van der Waals surface area contributed by atoms with Gasteiger partial charge < -0.3 is 10.2 Å². The minimum atomic E-state index is -0.634. The summed E-state index contributed by atoms with van der Waals surface area (Å²) in [5.41, 5.74) is 3.42. The molecule has 0 bridgehead atoms. The predicted octanol–water partition coefficient (Wildman–Crippen LogP) is 2.85. The van der Waals surface area contributed by atoms with E-state index in [4.69, 9.17) is 0 Å². The number of nitrogens with zero attached hydrogens (tertiary/aromatic N) is 3. The molecule has 0 radical (unpaired) electrons. The van der Waals surface area contributed by atoms with Crippen LogP contribution in [0.25, 0.3) is 0 Å². The fourth-order valence-corrected chi connectivity index (χ4v) is 3.31. The van der Waals surface area contributed by atoms with Crippen LogP contribution in [0.3, 0.4) is 0 Å². The number of carbonyl (C=O) groups is 2. The van der Waals surface area contributed by atoms with Gasteiger partial charge in [0.25, 0.3) is 11.7 Å². The molecule has 2 aromatic rings. The number of Topliss-reactive ketones (excluding diaryl/α,β-unsaturated/α-hetero) is 1. The Morgan fingerprint density at radius 1 is 1.04 bits per heavy atom. The molecule has 2 heterocycles. The van der Waals surface area contributed by atoms with Gasteiger partial charge in [0.05, 0.1) is 11.3 Å². The van der Waals surface area contributed by atoms with E-state index in [0.717, 1.165) is 18.8 Å². The van der Waals surface area contributed by atoms with Crippen molar-refractivity contribution >= 4 is 23.1 Å². The Hall–Kier alpha value is -2.63. The van der Waals surface area contributed by atoms with E-state index in [1.807, 2.05) is 24.3 Å². The fraction of sp³-hybridized carbons (Fsp3) is 0.421. The van der Waals surface area contributed by atoms with E-state index in [1.165, 1.54) is 19.3 Å². The topological polar surface area (TPSA) is 67.2 Å². The molecule has 132 valence electrons. The number of hydrogen-bond donors (Lipinski definition) is 1. The lowest BCUT2D eigenvalue weighted by atomic mass is 10.1. The number of aromatic nitrogens is 2. The third-order valence-electron chi connectivity index (χ3n) is 4.79. The number of anilines is 2. The van der Waals surface area contributed by atoms with Crippen LogP contribution in [0.2, 0.25) is 0 Å². The highest BCUT2D eigenvalue weighted by molar-refractivity contribution is 6.47. The van der Waals surface area contributed by atoms with Crippen LogP contribution < -0.4 is 10.2 Å². The molecule has 1 aliphatic rings. The van der Waals surface area contributed by atoms with Crippen LogP contribution >= 0.6 is 0 Å². The number of aryl methyl sites for hydroxylation is 2. The zero-order chi connectivity index (χ0) is 18.0. The average molecular weight is 340 g/mol. The zero-order valence-electron chi connectivity index (χ0n) is 15.0. The first-order valence-corrected chi connectivity index (χ1v) is 8.68. The molecule has 0 spiro atoms. The van der Waals surface area contributed by atoms with Gasteiger partial charge in [0.2, 0.25) is 0 Å². The Kier molecular flexibility index (Phi) is 4.88. The number of hydrogen-bond acceptors (Lipinski definition) is 4. The summed E-state index contributed by atoms with van der Waals surface area (Å²) in [6.45, 7) is 5.67. The van der Waals surface area contributed by atoms with Crippen molar-refractivity contribution in [1.29, 1.82) is 0 Å². The number of benzene rings is 1. The van der Waals surface area contributed by atoms with Crippen molar-refractivity contribution in [2.75, 3.05) is 23.3 Å². The maximum Gasteiger partial charge on any atom is 0.296 e. The first-order valence-electron chi connectivity index (χ1n) is 8.68. The minimum absolute atomic E-state index is 0.380. The highest BCUT2D eigenvalue weighted by Crippen LogP contribution is 2.22. The molecule has 0 atom stereocenters. The van der Waals surface area contributed by atoms with Crippen LogP contribution in [-0.4, -0.2) is 34.6 Å². The highest BCUT2D eigenvalue weighted by Gasteiger charge is 2.24. The zero-order valence-corrected chi connectivity index (χ0v) is 15.0. The predicted molar refractivity (Wildman–Crippen MR) is 98.1 cm³/mol. The van der Waals surface area contributed by atoms with Gasteiger partial charge in [-0.05, 0) is 57.4 Å². The maximum absolute atomic E-state index is 12.4. The van der Waals surface area contributed by atoms with E-state index in [-0.39, 0.29) is 0 Å². The largest absolute Gasteiger partial charge is 0.372 e. The molecule has 6 heteroatoms. The van der Waals surface area contributed by atoms with Crippen molar-refractivity contribution in [2.45, 2.75) is 33.1 Å². The Balaban J connectivity index is 1.69. The normalized spacial score (nSPS) is 14.4. The molecule has 1 saturated heterocycles. The molecule has 1 N–H and O–H groups in total. The van der Waals surface area contributed by atoms with Gasteiger partial charge in [-0.15, -0.1) is 0 Å². The summed E-state index contributed by atoms with van der Waals surface area (Å²) in [6.07, 6.45) is 3.73. The first-order chi connectivity index (χ1) is 12.0. The summed E-state index contributed by atoms with van der Waals surface area (Å²) >= 11 is 0. The summed E-state index contributed by atoms with van der Waals surface area (Å²) in [5, 5.41) is 6.88. The van der Waals surface area contributed by atoms with Gasteiger partial charge >= 0.3 is 0 Å². The van der Waals surface area contributed by atoms with E-state index in [1.54, 1.807) is 25.6 Å². The molecule has 1 aliphatic heterocycles. The van der Waals surface area contributed by atoms with Crippen LogP contribution in [0.4, 0.5) is 11.4 Å². The van der Waals surface area contributed by atoms with Crippen LogP contribution in [-0.2, 0) is 11.8 Å². The molecule has 1 aromatic heterocycles. The van der Waals surface area contributed by atoms with Crippen LogP contribution in [0.1, 0.15) is 41.0 Å². The molecule has 1 amide bonds. The summed E-state index contributed by atoms with van der Waals surface area (Å²) in [7, 11) is 1.76. The van der Waals surface area contributed by atoms with Gasteiger partial charge in [0, 0.05) is 37.2 Å². The molecule has 0 saturated carbocycles. The highest BCUT2D eigenvalue weighted by atomic mass is 16.2. The fourth-order valence-electron chi connectivity index (χ4n) is 3.31. The number of piperidine rings is 1. The summed E-state index contributed by atoms with van der Waals surface area (Å²) in [4.78, 5) is 27.1. The number of nitrogens with one attached hydrogen (secondary N) is 1. The minimum Gasteiger partial charge on any atom is -0.372 e. The second kappa shape index (κ2) is 7.09. The molecule has 3 rings (SSSR count). The lowest BCUT2D eigenvalue weighted by Gasteiger charge is -2.28. The van der Waals surface area contributed by atoms with Crippen molar-refractivity contribution in [1.82, 2.24) is 9.78 Å². The van der Waals surface area contributed by atoms with Crippen molar-refractivity contribution in [3.63, 3.8) is 0 Å². The van der Waals surface area contributed by atoms with Gasteiger partial charge in [-0.1, -0.05) is 0 Å². The van der Waals surface area contributed by atoms with Crippen molar-refractivity contribution in [3.8, 4) is 0 Å². The van der Waals surface area contributed by atoms with E-state index < -0.39 is 11.7 Å². The number of amides is 1. The average Bonchev–Trinajstić information content (AvgIpc) is 2.88. The lowest BCUT2D eigenvalue weighted by Crippen LogP contribution is -2.29. The number of rotatable bonds is 4. The Morgan fingerprint density at radius 3 is 2.24 bits per heavy atom. The molecular weight excluding hydrogens is 316 g/mol. The van der Waals surface area contributed by atoms with Gasteiger partial charge in [-0.3, -0.25) is 14.3 Å². The van der Waals surface area contributed by atoms with E-state index in [9.17, 15) is 9.59 Å². The van der Waals surface area contributed by atoms with Crippen LogP contribution in [0.5, 0.6) is 0 Å². The van der Waals surface area contributed by atoms with Crippen molar-refractivity contribution < 1.29 is 9.59 Å². The third kappa shape index (κ3) is 3.57. The molecule has 6 nitrogen and oxygen atoms in total. The Bertz CT molecular complexity index is 787.